The van der Waals surface area contributed by atoms with Gasteiger partial charge in [-0.05, 0) is 43.9 Å². The lowest BCUT2D eigenvalue weighted by atomic mass is 9.99. The molecule has 0 spiro atoms. The van der Waals surface area contributed by atoms with Gasteiger partial charge in [0.2, 0.25) is 11.9 Å². The molecule has 0 saturated carbocycles. The number of nitro groups is 1. The molecule has 0 bridgehead atoms. The quantitative estimate of drug-likeness (QED) is 0.567. The normalized spacial score (nSPS) is 18.7. The number of aliphatic imine (C=N–C) groups is 2. The highest BCUT2D eigenvalue weighted by Crippen LogP contribution is 2.31. The number of non-ortho nitro benzene ring substituents is 1. The number of rotatable bonds is 6. The molecule has 0 aromatic heterocycles. The molecule has 148 valence electrons. The number of aryl methyl sites for hydroxylation is 1. The lowest BCUT2D eigenvalue weighted by Crippen LogP contribution is -2.56. The van der Waals surface area contributed by atoms with Crippen LogP contribution >= 0.6 is 12.4 Å². The number of nitrogens with zero attached hydrogens (tertiary/aromatic N) is 4. The molecule has 3 rings (SSSR count). The molecular weight excluding hydrogens is 380 g/mol. The molecule has 1 aliphatic rings. The number of guanidine groups is 2. The first kappa shape index (κ1) is 21.2. The average molecular weight is 403 g/mol. The minimum atomic E-state index is -0.655. The number of nitrogens with two attached hydrogens (primary N) is 2. The Bertz CT molecular complexity index is 885. The molecule has 1 atom stereocenters. The Hall–Kier alpha value is -3.13. The fourth-order valence-corrected chi connectivity index (χ4v) is 3.30. The Kier molecular flexibility index (Phi) is 6.58. The molecular formula is C19H23ClN6O2. The van der Waals surface area contributed by atoms with Crippen molar-refractivity contribution in [3.63, 3.8) is 0 Å². The summed E-state index contributed by atoms with van der Waals surface area (Å²) in [6.07, 6.45) is 2.26. The highest BCUT2D eigenvalue weighted by Gasteiger charge is 2.36. The SMILES string of the molecule is CC1(CCCc2ccc([N+](=O)[O-])cc2)N=C(N)N=C(N)N1c1ccccc1.Cl. The summed E-state index contributed by atoms with van der Waals surface area (Å²) in [6.45, 7) is 1.98. The maximum Gasteiger partial charge on any atom is 0.269 e. The van der Waals surface area contributed by atoms with Gasteiger partial charge in [0.25, 0.3) is 5.69 Å². The summed E-state index contributed by atoms with van der Waals surface area (Å²) in [6, 6.07) is 16.3. The number of halogens is 1. The van der Waals surface area contributed by atoms with Crippen LogP contribution in [0.3, 0.4) is 0 Å². The molecule has 0 fully saturated rings. The van der Waals surface area contributed by atoms with Gasteiger partial charge in [-0.3, -0.25) is 15.0 Å². The van der Waals surface area contributed by atoms with Crippen LogP contribution in [-0.4, -0.2) is 22.5 Å². The minimum absolute atomic E-state index is 0. The lowest BCUT2D eigenvalue weighted by molar-refractivity contribution is -0.384. The zero-order valence-electron chi connectivity index (χ0n) is 15.5. The maximum atomic E-state index is 10.8. The summed E-state index contributed by atoms with van der Waals surface area (Å²) in [5, 5.41) is 10.8. The summed E-state index contributed by atoms with van der Waals surface area (Å²) < 4.78 is 0. The summed E-state index contributed by atoms with van der Waals surface area (Å²) in [5.41, 5.74) is 13.4. The van der Waals surface area contributed by atoms with Crippen molar-refractivity contribution in [2.45, 2.75) is 31.8 Å². The molecule has 9 heteroatoms. The first-order chi connectivity index (χ1) is 12.9. The number of benzene rings is 2. The summed E-state index contributed by atoms with van der Waals surface area (Å²) in [7, 11) is 0. The molecule has 1 unspecified atom stereocenters. The van der Waals surface area contributed by atoms with Crippen molar-refractivity contribution in [1.82, 2.24) is 0 Å². The smallest absolute Gasteiger partial charge is 0.269 e. The molecule has 0 radical (unpaired) electrons. The highest BCUT2D eigenvalue weighted by molar-refractivity contribution is 6.05. The predicted molar refractivity (Wildman–Crippen MR) is 114 cm³/mol. The van der Waals surface area contributed by atoms with Crippen LogP contribution < -0.4 is 16.4 Å². The number of hydrogen-bond acceptors (Lipinski definition) is 7. The third-order valence-corrected chi connectivity index (χ3v) is 4.57. The van der Waals surface area contributed by atoms with E-state index in [1.807, 2.05) is 42.2 Å². The van der Waals surface area contributed by atoms with Crippen LogP contribution in [0.4, 0.5) is 11.4 Å². The largest absolute Gasteiger partial charge is 0.369 e. The monoisotopic (exact) mass is 402 g/mol. The minimum Gasteiger partial charge on any atom is -0.369 e. The number of hydrogen-bond donors (Lipinski definition) is 2. The van der Waals surface area contributed by atoms with Crippen molar-refractivity contribution in [2.75, 3.05) is 4.90 Å². The zero-order chi connectivity index (χ0) is 19.4. The second-order valence-electron chi connectivity index (χ2n) is 6.61. The van der Waals surface area contributed by atoms with Gasteiger partial charge in [0.1, 0.15) is 5.66 Å². The van der Waals surface area contributed by atoms with Crippen molar-refractivity contribution >= 4 is 35.7 Å². The van der Waals surface area contributed by atoms with Crippen molar-refractivity contribution in [3.8, 4) is 0 Å². The van der Waals surface area contributed by atoms with Crippen LogP contribution in [0.1, 0.15) is 25.3 Å². The van der Waals surface area contributed by atoms with Gasteiger partial charge < -0.3 is 11.5 Å². The third-order valence-electron chi connectivity index (χ3n) is 4.57. The summed E-state index contributed by atoms with van der Waals surface area (Å²) >= 11 is 0. The molecule has 0 amide bonds. The molecule has 0 aliphatic carbocycles. The average Bonchev–Trinajstić information content (AvgIpc) is 2.62. The molecule has 28 heavy (non-hydrogen) atoms. The first-order valence-electron chi connectivity index (χ1n) is 8.67. The molecule has 2 aromatic carbocycles. The molecule has 2 aromatic rings. The molecule has 0 saturated heterocycles. The van der Waals surface area contributed by atoms with Crippen molar-refractivity contribution < 1.29 is 4.92 Å². The van der Waals surface area contributed by atoms with E-state index >= 15 is 0 Å². The summed E-state index contributed by atoms with van der Waals surface area (Å²) in [4.78, 5) is 20.9. The topological polar surface area (TPSA) is 123 Å². The van der Waals surface area contributed by atoms with Crippen LogP contribution in [0, 0.1) is 10.1 Å². The van der Waals surface area contributed by atoms with Crippen LogP contribution in [-0.2, 0) is 6.42 Å². The lowest BCUT2D eigenvalue weighted by Gasteiger charge is -2.41. The van der Waals surface area contributed by atoms with E-state index in [1.165, 1.54) is 12.1 Å². The Morgan fingerprint density at radius 1 is 1.11 bits per heavy atom. The number of para-hydroxylation sites is 1. The fraction of sp³-hybridized carbons (Fsp3) is 0.263. The Morgan fingerprint density at radius 2 is 1.75 bits per heavy atom. The fourth-order valence-electron chi connectivity index (χ4n) is 3.30. The van der Waals surface area contributed by atoms with E-state index in [9.17, 15) is 10.1 Å². The van der Waals surface area contributed by atoms with Crippen LogP contribution in [0.5, 0.6) is 0 Å². The number of nitro benzene ring substituents is 1. The summed E-state index contributed by atoms with van der Waals surface area (Å²) in [5.74, 6) is 0.476. The van der Waals surface area contributed by atoms with Crippen LogP contribution in [0.2, 0.25) is 0 Å². The van der Waals surface area contributed by atoms with Crippen molar-refractivity contribution in [3.05, 3.63) is 70.3 Å². The Morgan fingerprint density at radius 3 is 2.36 bits per heavy atom. The zero-order valence-corrected chi connectivity index (χ0v) is 16.3. The molecule has 8 nitrogen and oxygen atoms in total. The van der Waals surface area contributed by atoms with Gasteiger partial charge in [0.05, 0.1) is 4.92 Å². The van der Waals surface area contributed by atoms with E-state index in [1.54, 1.807) is 12.1 Å². The van der Waals surface area contributed by atoms with Crippen molar-refractivity contribution in [1.29, 1.82) is 0 Å². The Balaban J connectivity index is 0.00000280. The van der Waals surface area contributed by atoms with Gasteiger partial charge in [0.15, 0.2) is 0 Å². The molecule has 4 N–H and O–H groups in total. The van der Waals surface area contributed by atoms with Crippen LogP contribution in [0.25, 0.3) is 0 Å². The van der Waals surface area contributed by atoms with E-state index in [0.717, 1.165) is 24.1 Å². The van der Waals surface area contributed by atoms with Crippen molar-refractivity contribution in [2.24, 2.45) is 21.5 Å². The van der Waals surface area contributed by atoms with Gasteiger partial charge in [-0.1, -0.05) is 30.3 Å². The third kappa shape index (κ3) is 4.58. The van der Waals surface area contributed by atoms with Gasteiger partial charge in [-0.15, -0.1) is 12.4 Å². The van der Waals surface area contributed by atoms with Gasteiger partial charge in [-0.2, -0.15) is 4.99 Å². The second kappa shape index (κ2) is 8.71. The van der Waals surface area contributed by atoms with Gasteiger partial charge in [-0.25, -0.2) is 4.99 Å². The van der Waals surface area contributed by atoms with E-state index in [2.05, 4.69) is 9.98 Å². The standard InChI is InChI=1S/C19H22N6O2.ClH/c1-19(13-5-6-14-9-11-16(12-10-14)25(26)27)23-17(20)22-18(21)24(19)15-7-3-2-4-8-15;/h2-4,7-12H,5-6,13H2,1H3,(H4,20,21,22,23);1H. The second-order valence-corrected chi connectivity index (χ2v) is 6.61. The van der Waals surface area contributed by atoms with E-state index in [-0.39, 0.29) is 24.1 Å². The Labute approximate surface area is 169 Å². The van der Waals surface area contributed by atoms with E-state index in [4.69, 9.17) is 11.5 Å². The van der Waals surface area contributed by atoms with E-state index < -0.39 is 10.6 Å². The molecule has 1 heterocycles. The maximum absolute atomic E-state index is 10.8. The first-order valence-corrected chi connectivity index (χ1v) is 8.67. The highest BCUT2D eigenvalue weighted by atomic mass is 35.5. The van der Waals surface area contributed by atoms with E-state index in [0.29, 0.717) is 12.4 Å². The van der Waals surface area contributed by atoms with Gasteiger partial charge in [0, 0.05) is 17.8 Å². The number of anilines is 1. The molecule has 1 aliphatic heterocycles. The predicted octanol–water partition coefficient (Wildman–Crippen LogP) is 3.21. The van der Waals surface area contributed by atoms with Gasteiger partial charge >= 0.3 is 0 Å². The van der Waals surface area contributed by atoms with Crippen LogP contribution in [0.15, 0.2) is 64.6 Å².